The zero-order valence-electron chi connectivity index (χ0n) is 21.7. The lowest BCUT2D eigenvalue weighted by molar-refractivity contribution is -0.166. The molecule has 0 aromatic rings. The number of hydrogen-bond donors (Lipinski definition) is 0. The van der Waals surface area contributed by atoms with E-state index in [0.717, 1.165) is 0 Å². The Kier molecular flexibility index (Phi) is 7.81. The van der Waals surface area contributed by atoms with Crippen molar-refractivity contribution in [3.63, 3.8) is 0 Å². The molecule has 0 bridgehead atoms. The second-order valence-corrected chi connectivity index (χ2v) is 16.3. The van der Waals surface area contributed by atoms with E-state index in [-0.39, 0.29) is 17.2 Å². The SMILES string of the molecule is CC1(C)OC[C@H]([C@@H](O[Si](C)(C)C(C)(C)C)[C@H]2OC(=O)C(OC(=O)C(C)(C)C)=C2C(=O)C=[N+]=[N-])O1. The van der Waals surface area contributed by atoms with Crippen molar-refractivity contribution >= 4 is 32.3 Å². The number of carbonyl (C=O) groups is 3. The van der Waals surface area contributed by atoms with E-state index in [0.29, 0.717) is 6.21 Å². The smallest absolute Gasteiger partial charge is 0.375 e. The number of esters is 2. The average Bonchev–Trinajstić information content (AvgIpc) is 3.17. The van der Waals surface area contributed by atoms with E-state index < -0.39 is 61.3 Å². The van der Waals surface area contributed by atoms with E-state index in [1.54, 1.807) is 34.6 Å². The Hall–Kier alpha value is -2.17. The van der Waals surface area contributed by atoms with Crippen molar-refractivity contribution in [2.24, 2.45) is 5.41 Å². The Morgan fingerprint density at radius 2 is 1.79 bits per heavy atom. The van der Waals surface area contributed by atoms with Gasteiger partial charge in [-0.2, -0.15) is 4.79 Å². The van der Waals surface area contributed by atoms with Crippen LogP contribution in [0.2, 0.25) is 18.1 Å². The highest BCUT2D eigenvalue weighted by Crippen LogP contribution is 2.42. The zero-order valence-corrected chi connectivity index (χ0v) is 22.7. The van der Waals surface area contributed by atoms with E-state index in [9.17, 15) is 14.4 Å². The molecule has 0 N–H and O–H groups in total. The molecular formula is C23H36N2O8Si. The fourth-order valence-corrected chi connectivity index (χ4v) is 4.45. The van der Waals surface area contributed by atoms with Crippen LogP contribution in [-0.4, -0.2) is 67.7 Å². The Morgan fingerprint density at radius 1 is 1.21 bits per heavy atom. The predicted octanol–water partition coefficient (Wildman–Crippen LogP) is 3.17. The summed E-state index contributed by atoms with van der Waals surface area (Å²) in [6.45, 7) is 18.6. The van der Waals surface area contributed by atoms with E-state index in [2.05, 4.69) is 4.79 Å². The molecule has 0 aromatic heterocycles. The van der Waals surface area contributed by atoms with Crippen LogP contribution in [0, 0.1) is 5.41 Å². The van der Waals surface area contributed by atoms with Gasteiger partial charge in [0.05, 0.1) is 12.0 Å². The van der Waals surface area contributed by atoms with Gasteiger partial charge in [-0.15, -0.1) is 0 Å². The molecular weight excluding hydrogens is 460 g/mol. The van der Waals surface area contributed by atoms with E-state index in [4.69, 9.17) is 28.9 Å². The third-order valence-corrected chi connectivity index (χ3v) is 10.6. The molecule has 0 amide bonds. The first-order chi connectivity index (χ1) is 15.3. The highest BCUT2D eigenvalue weighted by Gasteiger charge is 2.54. The number of cyclic esters (lactones) is 1. The molecule has 190 valence electrons. The van der Waals surface area contributed by atoms with Crippen LogP contribution in [-0.2, 0) is 37.8 Å². The first-order valence-corrected chi connectivity index (χ1v) is 14.1. The van der Waals surface area contributed by atoms with Gasteiger partial charge < -0.3 is 28.9 Å². The predicted molar refractivity (Wildman–Crippen MR) is 124 cm³/mol. The number of hydrogen-bond acceptors (Lipinski definition) is 8. The molecule has 0 saturated carbocycles. The molecule has 1 saturated heterocycles. The Morgan fingerprint density at radius 3 is 2.24 bits per heavy atom. The average molecular weight is 497 g/mol. The Balaban J connectivity index is 2.62. The van der Waals surface area contributed by atoms with Crippen molar-refractivity contribution in [1.29, 1.82) is 0 Å². The standard InChI is InChI=1S/C23H36N2O8Si/c1-21(2,3)20(28)31-18-15(13(26)11-25-24)17(30-19(18)27)16(14-12-29-23(7,8)32-14)33-34(9,10)22(4,5)6/h11,14,16-17H,12H2,1-10H3/t14-,16-,17+/m1/s1. The summed E-state index contributed by atoms with van der Waals surface area (Å²) >= 11 is 0. The topological polar surface area (TPSA) is 134 Å². The molecule has 10 nitrogen and oxygen atoms in total. The fraction of sp³-hybridized carbons (Fsp3) is 0.739. The molecule has 3 atom stereocenters. The quantitative estimate of drug-likeness (QED) is 0.172. The molecule has 11 heteroatoms. The molecule has 0 radical (unpaired) electrons. The Labute approximate surface area is 201 Å². The summed E-state index contributed by atoms with van der Waals surface area (Å²) in [6.07, 6.45) is -2.27. The normalized spacial score (nSPS) is 23.9. The molecule has 0 aromatic carbocycles. The van der Waals surface area contributed by atoms with Crippen LogP contribution in [0.1, 0.15) is 55.4 Å². The van der Waals surface area contributed by atoms with Crippen molar-refractivity contribution in [1.82, 2.24) is 0 Å². The van der Waals surface area contributed by atoms with Crippen molar-refractivity contribution in [2.45, 2.75) is 97.6 Å². The summed E-state index contributed by atoms with van der Waals surface area (Å²) in [5.74, 6) is -4.02. The first-order valence-electron chi connectivity index (χ1n) is 11.2. The molecule has 0 aliphatic carbocycles. The second kappa shape index (κ2) is 9.47. The van der Waals surface area contributed by atoms with Crippen LogP contribution in [0.3, 0.4) is 0 Å². The van der Waals surface area contributed by atoms with Gasteiger partial charge in [-0.05, 0) is 52.8 Å². The third kappa shape index (κ3) is 6.08. The number of rotatable bonds is 7. The zero-order chi connectivity index (χ0) is 26.3. The lowest BCUT2D eigenvalue weighted by Crippen LogP contribution is -2.53. The lowest BCUT2D eigenvalue weighted by atomic mass is 9.96. The first kappa shape index (κ1) is 28.1. The summed E-state index contributed by atoms with van der Waals surface area (Å²) < 4.78 is 29.3. The Bertz CT molecular complexity index is 936. The van der Waals surface area contributed by atoms with Gasteiger partial charge in [0, 0.05) is 0 Å². The monoisotopic (exact) mass is 496 g/mol. The minimum atomic E-state index is -2.49. The van der Waals surface area contributed by atoms with Gasteiger partial charge in [0.25, 0.3) is 5.78 Å². The lowest BCUT2D eigenvalue weighted by Gasteiger charge is -2.41. The van der Waals surface area contributed by atoms with Gasteiger partial charge in [-0.3, -0.25) is 9.59 Å². The van der Waals surface area contributed by atoms with Crippen molar-refractivity contribution in [3.05, 3.63) is 16.9 Å². The number of nitrogens with zero attached hydrogens (tertiary/aromatic N) is 2. The highest BCUT2D eigenvalue weighted by atomic mass is 28.4. The third-order valence-electron chi connectivity index (χ3n) is 6.13. The number of Topliss-reactive ketones (excluding diaryl/α,β-unsaturated/α-hetero) is 1. The van der Waals surface area contributed by atoms with E-state index in [1.165, 1.54) is 0 Å². The fourth-order valence-electron chi connectivity index (χ4n) is 3.14. The van der Waals surface area contributed by atoms with Crippen LogP contribution >= 0.6 is 0 Å². The van der Waals surface area contributed by atoms with E-state index >= 15 is 0 Å². The molecule has 0 unspecified atom stereocenters. The maximum atomic E-state index is 12.9. The number of ketones is 1. The molecule has 34 heavy (non-hydrogen) atoms. The van der Waals surface area contributed by atoms with Gasteiger partial charge in [0.2, 0.25) is 5.76 Å². The van der Waals surface area contributed by atoms with E-state index in [1.807, 2.05) is 33.9 Å². The van der Waals surface area contributed by atoms with Crippen LogP contribution in [0.25, 0.3) is 5.53 Å². The van der Waals surface area contributed by atoms with Crippen LogP contribution < -0.4 is 0 Å². The molecule has 0 spiro atoms. The molecule has 2 aliphatic heterocycles. The van der Waals surface area contributed by atoms with Crippen molar-refractivity contribution in [3.8, 4) is 0 Å². The van der Waals surface area contributed by atoms with Gasteiger partial charge >= 0.3 is 18.2 Å². The number of carbonyl (C=O) groups excluding carboxylic acids is 3. The molecule has 2 rings (SSSR count). The van der Waals surface area contributed by atoms with Crippen LogP contribution in [0.4, 0.5) is 0 Å². The van der Waals surface area contributed by atoms with Gasteiger partial charge in [-0.1, -0.05) is 20.8 Å². The van der Waals surface area contributed by atoms with Crippen molar-refractivity contribution < 1.29 is 42.5 Å². The van der Waals surface area contributed by atoms with Crippen molar-refractivity contribution in [2.75, 3.05) is 6.61 Å². The van der Waals surface area contributed by atoms with Gasteiger partial charge in [0.15, 0.2) is 20.2 Å². The summed E-state index contributed by atoms with van der Waals surface area (Å²) in [7, 11) is -2.49. The molecule has 2 heterocycles. The summed E-state index contributed by atoms with van der Waals surface area (Å²) in [5.41, 5.74) is 7.77. The van der Waals surface area contributed by atoms with Gasteiger partial charge in [0.1, 0.15) is 17.8 Å². The second-order valence-electron chi connectivity index (χ2n) is 11.5. The summed E-state index contributed by atoms with van der Waals surface area (Å²) in [5, 5.41) is -0.217. The number of ether oxygens (including phenoxy) is 4. The summed E-state index contributed by atoms with van der Waals surface area (Å²) in [6, 6.07) is 0. The molecule has 1 fully saturated rings. The maximum Gasteiger partial charge on any atom is 0.375 e. The minimum Gasteiger partial charge on any atom is -0.448 e. The molecule has 2 aliphatic rings. The highest BCUT2D eigenvalue weighted by molar-refractivity contribution is 6.74. The maximum absolute atomic E-state index is 12.9. The summed E-state index contributed by atoms with van der Waals surface area (Å²) in [4.78, 5) is 41.1. The van der Waals surface area contributed by atoms with Crippen LogP contribution in [0.15, 0.2) is 11.3 Å². The van der Waals surface area contributed by atoms with Gasteiger partial charge in [-0.25, -0.2) is 4.79 Å². The largest absolute Gasteiger partial charge is 0.448 e. The van der Waals surface area contributed by atoms with Crippen LogP contribution in [0.5, 0.6) is 0 Å². The minimum absolute atomic E-state index is 0.132.